The van der Waals surface area contributed by atoms with E-state index in [2.05, 4.69) is 4.52 Å². The molecule has 1 aromatic rings. The van der Waals surface area contributed by atoms with Gasteiger partial charge in [0.2, 0.25) is 6.79 Å². The van der Waals surface area contributed by atoms with Crippen LogP contribution in [0.3, 0.4) is 0 Å². The maximum atomic E-state index is 10.2. The molecule has 6 nitrogen and oxygen atoms in total. The van der Waals surface area contributed by atoms with E-state index >= 15 is 0 Å². The third kappa shape index (κ3) is 6.76. The molecule has 18 heavy (non-hydrogen) atoms. The normalized spacial score (nSPS) is 13.3. The van der Waals surface area contributed by atoms with Crippen molar-refractivity contribution in [1.29, 1.82) is 0 Å². The average Bonchev–Trinajstić information content (AvgIpc) is 2.38. The zero-order chi connectivity index (χ0) is 13.2. The molecule has 0 aliphatic rings. The monoisotopic (exact) mass is 275 g/mol. The van der Waals surface area contributed by atoms with E-state index in [1.54, 1.807) is 0 Å². The van der Waals surface area contributed by atoms with Crippen LogP contribution in [0.5, 0.6) is 0 Å². The number of hydrogen-bond acceptors (Lipinski definition) is 5. The van der Waals surface area contributed by atoms with Gasteiger partial charge in [-0.15, -0.1) is 4.89 Å². The first kappa shape index (κ1) is 15.2. The maximum absolute atomic E-state index is 10.2. The molecule has 7 heteroatoms. The van der Waals surface area contributed by atoms with Crippen LogP contribution < -0.4 is 0 Å². The predicted molar refractivity (Wildman–Crippen MR) is 63.8 cm³/mol. The fraction of sp³-hybridized carbons (Fsp3) is 0.455. The van der Waals surface area contributed by atoms with Gasteiger partial charge < -0.3 is 14.6 Å². The summed E-state index contributed by atoms with van der Waals surface area (Å²) in [5.41, 5.74) is 1.02. The highest BCUT2D eigenvalue weighted by Crippen LogP contribution is 2.14. The molecule has 0 radical (unpaired) electrons. The fourth-order valence-corrected chi connectivity index (χ4v) is 1.36. The third-order valence-electron chi connectivity index (χ3n) is 2.09. The average molecular weight is 275 g/mol. The second kappa shape index (κ2) is 9.10. The van der Waals surface area contributed by atoms with Crippen LogP contribution in [0.25, 0.3) is 0 Å². The lowest BCUT2D eigenvalue weighted by Crippen LogP contribution is -2.24. The minimum atomic E-state index is -2.68. The summed E-state index contributed by atoms with van der Waals surface area (Å²) in [4.78, 5) is 8.38. The summed E-state index contributed by atoms with van der Waals surface area (Å²) in [6.45, 7) is -0.0151. The second-order valence-corrected chi connectivity index (χ2v) is 4.19. The molecule has 2 atom stereocenters. The molecule has 0 amide bonds. The molecule has 0 saturated heterocycles. The Labute approximate surface area is 106 Å². The van der Waals surface area contributed by atoms with Crippen LogP contribution in [0, 0.1) is 0 Å². The quantitative estimate of drug-likeness (QED) is 0.520. The molecule has 0 aliphatic heterocycles. The standard InChI is InChI=1S/C11H15O6P/c12-6-11(16-9-17-18(13)14)8-15-7-10-4-2-1-3-5-10/h1-5,11-12H,6-9H2/p+1. The predicted octanol–water partition coefficient (Wildman–Crippen LogP) is 1.20. The fourth-order valence-electron chi connectivity index (χ4n) is 1.21. The van der Waals surface area contributed by atoms with Gasteiger partial charge in [0, 0.05) is 4.57 Å². The Morgan fingerprint density at radius 2 is 2.00 bits per heavy atom. The molecule has 0 saturated carbocycles. The summed E-state index contributed by atoms with van der Waals surface area (Å²) in [7, 11) is -2.68. The Morgan fingerprint density at radius 3 is 2.61 bits per heavy atom. The van der Waals surface area contributed by atoms with Crippen LogP contribution in [0.4, 0.5) is 0 Å². The van der Waals surface area contributed by atoms with Crippen molar-refractivity contribution in [3.63, 3.8) is 0 Å². The van der Waals surface area contributed by atoms with Gasteiger partial charge >= 0.3 is 8.25 Å². The van der Waals surface area contributed by atoms with Crippen molar-refractivity contribution < 1.29 is 28.6 Å². The SMILES string of the molecule is O=[P+](O)OCOC(CO)COCc1ccccc1. The van der Waals surface area contributed by atoms with E-state index in [4.69, 9.17) is 19.5 Å². The van der Waals surface area contributed by atoms with Crippen molar-refractivity contribution in [2.75, 3.05) is 20.0 Å². The van der Waals surface area contributed by atoms with E-state index in [-0.39, 0.29) is 20.0 Å². The molecule has 0 aromatic heterocycles. The molecule has 0 heterocycles. The number of rotatable bonds is 9. The van der Waals surface area contributed by atoms with Crippen molar-refractivity contribution in [3.05, 3.63) is 35.9 Å². The van der Waals surface area contributed by atoms with E-state index in [1.165, 1.54) is 0 Å². The highest BCUT2D eigenvalue weighted by atomic mass is 31.1. The molecular formula is C11H16O6P+. The van der Waals surface area contributed by atoms with Gasteiger partial charge in [-0.05, 0) is 5.56 Å². The number of hydrogen-bond donors (Lipinski definition) is 2. The van der Waals surface area contributed by atoms with E-state index in [1.807, 2.05) is 30.3 Å². The molecule has 2 unspecified atom stereocenters. The summed E-state index contributed by atoms with van der Waals surface area (Å²) >= 11 is 0. The molecular weight excluding hydrogens is 259 g/mol. The number of aliphatic hydroxyl groups excluding tert-OH is 1. The van der Waals surface area contributed by atoms with E-state index < -0.39 is 14.4 Å². The first-order chi connectivity index (χ1) is 8.72. The Balaban J connectivity index is 2.17. The van der Waals surface area contributed by atoms with E-state index in [9.17, 15) is 4.57 Å². The summed E-state index contributed by atoms with van der Waals surface area (Å²) in [6, 6.07) is 9.58. The Hall–Kier alpha value is -0.880. The first-order valence-corrected chi connectivity index (χ1v) is 6.48. The largest absolute Gasteiger partial charge is 0.697 e. The van der Waals surface area contributed by atoms with Gasteiger partial charge in [0.15, 0.2) is 0 Å². The van der Waals surface area contributed by atoms with Gasteiger partial charge in [-0.1, -0.05) is 34.9 Å². The van der Waals surface area contributed by atoms with Crippen molar-refractivity contribution >= 4 is 8.25 Å². The molecule has 1 aromatic carbocycles. The minimum absolute atomic E-state index is 0.178. The van der Waals surface area contributed by atoms with Crippen LogP contribution in [0.1, 0.15) is 5.56 Å². The lowest BCUT2D eigenvalue weighted by Gasteiger charge is -2.13. The Kier molecular flexibility index (Phi) is 7.68. The summed E-state index contributed by atoms with van der Waals surface area (Å²) in [6.07, 6.45) is -0.580. The van der Waals surface area contributed by atoms with Gasteiger partial charge in [0.05, 0.1) is 19.8 Å². The van der Waals surface area contributed by atoms with Gasteiger partial charge in [0.1, 0.15) is 6.10 Å². The van der Waals surface area contributed by atoms with Crippen molar-refractivity contribution in [3.8, 4) is 0 Å². The van der Waals surface area contributed by atoms with Crippen molar-refractivity contribution in [2.24, 2.45) is 0 Å². The highest BCUT2D eigenvalue weighted by molar-refractivity contribution is 7.32. The lowest BCUT2D eigenvalue weighted by atomic mass is 10.2. The smallest absolute Gasteiger partial charge is 0.394 e. The highest BCUT2D eigenvalue weighted by Gasteiger charge is 2.15. The number of ether oxygens (including phenoxy) is 2. The molecule has 100 valence electrons. The number of benzene rings is 1. The zero-order valence-electron chi connectivity index (χ0n) is 9.77. The Morgan fingerprint density at radius 1 is 1.28 bits per heavy atom. The van der Waals surface area contributed by atoms with Crippen LogP contribution in [-0.4, -0.2) is 36.1 Å². The van der Waals surface area contributed by atoms with Crippen LogP contribution in [0.15, 0.2) is 30.3 Å². The van der Waals surface area contributed by atoms with Crippen LogP contribution >= 0.6 is 8.25 Å². The van der Waals surface area contributed by atoms with Gasteiger partial charge in [-0.25, -0.2) is 0 Å². The lowest BCUT2D eigenvalue weighted by molar-refractivity contribution is -0.0917. The summed E-state index contributed by atoms with van der Waals surface area (Å²) in [5, 5.41) is 8.99. The van der Waals surface area contributed by atoms with Gasteiger partial charge in [0.25, 0.3) is 0 Å². The zero-order valence-corrected chi connectivity index (χ0v) is 10.7. The van der Waals surface area contributed by atoms with Crippen molar-refractivity contribution in [1.82, 2.24) is 0 Å². The van der Waals surface area contributed by atoms with Gasteiger partial charge in [-0.2, -0.15) is 0 Å². The summed E-state index contributed by atoms with van der Waals surface area (Å²) in [5.74, 6) is 0. The van der Waals surface area contributed by atoms with Crippen molar-refractivity contribution in [2.45, 2.75) is 12.7 Å². The molecule has 0 fully saturated rings. The van der Waals surface area contributed by atoms with E-state index in [0.29, 0.717) is 6.61 Å². The van der Waals surface area contributed by atoms with Gasteiger partial charge in [-0.3, -0.25) is 0 Å². The second-order valence-electron chi connectivity index (χ2n) is 3.46. The Bertz CT molecular complexity index is 345. The minimum Gasteiger partial charge on any atom is -0.394 e. The third-order valence-corrected chi connectivity index (χ3v) is 2.41. The molecule has 0 aliphatic carbocycles. The molecule has 1 rings (SSSR count). The molecule has 2 N–H and O–H groups in total. The van der Waals surface area contributed by atoms with Crippen LogP contribution in [-0.2, 0) is 25.2 Å². The molecule has 0 spiro atoms. The summed E-state index contributed by atoms with van der Waals surface area (Å²) < 4.78 is 24.9. The first-order valence-electron chi connectivity index (χ1n) is 5.35. The number of aliphatic hydroxyl groups is 1. The van der Waals surface area contributed by atoms with E-state index in [0.717, 1.165) is 5.56 Å². The molecule has 0 bridgehead atoms. The van der Waals surface area contributed by atoms with Crippen LogP contribution in [0.2, 0.25) is 0 Å². The maximum Gasteiger partial charge on any atom is 0.697 e. The topological polar surface area (TPSA) is 85.2 Å².